The van der Waals surface area contributed by atoms with E-state index < -0.39 is 5.97 Å². The van der Waals surface area contributed by atoms with Crippen molar-refractivity contribution >= 4 is 34.0 Å². The summed E-state index contributed by atoms with van der Waals surface area (Å²) in [6.45, 7) is 5.23. The summed E-state index contributed by atoms with van der Waals surface area (Å²) in [5, 5.41) is 1.07. The van der Waals surface area contributed by atoms with Gasteiger partial charge in [0.25, 0.3) is 0 Å². The van der Waals surface area contributed by atoms with Gasteiger partial charge in [0.05, 0.1) is 7.11 Å². The maximum atomic E-state index is 11.5. The van der Waals surface area contributed by atoms with Crippen LogP contribution in [-0.2, 0) is 4.74 Å². The molecule has 0 aromatic carbocycles. The number of methoxy groups -OCH3 is 1. The quantitative estimate of drug-likeness (QED) is 0.796. The normalized spacial score (nSPS) is 20.2. The smallest absolute Gasteiger partial charge is 0.351 e. The molecule has 1 saturated heterocycles. The molecule has 1 aliphatic heterocycles. The molecule has 1 aromatic rings. The van der Waals surface area contributed by atoms with Gasteiger partial charge in [-0.1, -0.05) is 22.9 Å². The van der Waals surface area contributed by atoms with Gasteiger partial charge in [-0.05, 0) is 18.8 Å². The number of esters is 1. The molecule has 1 saturated carbocycles. The van der Waals surface area contributed by atoms with Gasteiger partial charge < -0.3 is 9.64 Å². The molecule has 2 heterocycles. The number of carbonyl (C=O) groups is 1. The third-order valence-electron chi connectivity index (χ3n) is 3.80. The highest BCUT2D eigenvalue weighted by Gasteiger charge is 2.28. The van der Waals surface area contributed by atoms with Gasteiger partial charge in [0.1, 0.15) is 0 Å². The predicted molar refractivity (Wildman–Crippen MR) is 79.8 cm³/mol. The fourth-order valence-corrected chi connectivity index (χ4v) is 3.68. The number of anilines is 1. The first-order chi connectivity index (χ1) is 9.67. The molecule has 7 heteroatoms. The zero-order valence-corrected chi connectivity index (χ0v) is 13.0. The topological polar surface area (TPSA) is 45.7 Å². The van der Waals surface area contributed by atoms with Crippen molar-refractivity contribution in [2.24, 2.45) is 5.92 Å². The average molecular weight is 316 g/mol. The van der Waals surface area contributed by atoms with Crippen LogP contribution in [0.1, 0.15) is 22.5 Å². The molecule has 0 unspecified atom stereocenters. The van der Waals surface area contributed by atoms with Gasteiger partial charge in [0.2, 0.25) is 0 Å². The van der Waals surface area contributed by atoms with Crippen molar-refractivity contribution in [1.29, 1.82) is 0 Å². The van der Waals surface area contributed by atoms with Crippen LogP contribution < -0.4 is 4.90 Å². The molecule has 0 bridgehead atoms. The average Bonchev–Trinajstić information content (AvgIpc) is 3.19. The van der Waals surface area contributed by atoms with E-state index in [1.54, 1.807) is 0 Å². The van der Waals surface area contributed by atoms with Crippen LogP contribution in [0.3, 0.4) is 0 Å². The van der Waals surface area contributed by atoms with Gasteiger partial charge in [0, 0.05) is 32.7 Å². The molecular weight excluding hydrogens is 298 g/mol. The molecule has 0 N–H and O–H groups in total. The van der Waals surface area contributed by atoms with Crippen molar-refractivity contribution in [3.8, 4) is 0 Å². The Bertz CT molecular complexity index is 496. The minimum Gasteiger partial charge on any atom is -0.465 e. The second-order valence-electron chi connectivity index (χ2n) is 5.34. The van der Waals surface area contributed by atoms with Crippen LogP contribution in [0.4, 0.5) is 5.13 Å². The van der Waals surface area contributed by atoms with E-state index >= 15 is 0 Å². The number of ether oxygens (including phenoxy) is 1. The van der Waals surface area contributed by atoms with Crippen molar-refractivity contribution in [1.82, 2.24) is 9.88 Å². The summed E-state index contributed by atoms with van der Waals surface area (Å²) in [7, 11) is 1.36. The number of hydrogen-bond acceptors (Lipinski definition) is 6. The Labute approximate surface area is 127 Å². The van der Waals surface area contributed by atoms with Crippen LogP contribution >= 0.6 is 22.9 Å². The first-order valence-corrected chi connectivity index (χ1v) is 8.08. The first-order valence-electron chi connectivity index (χ1n) is 6.89. The maximum absolute atomic E-state index is 11.5. The van der Waals surface area contributed by atoms with Crippen molar-refractivity contribution in [3.05, 3.63) is 10.0 Å². The minimum absolute atomic E-state index is 0.247. The molecule has 20 heavy (non-hydrogen) atoms. The molecule has 3 rings (SSSR count). The molecule has 1 aromatic heterocycles. The zero-order chi connectivity index (χ0) is 14.1. The molecule has 5 nitrogen and oxygen atoms in total. The van der Waals surface area contributed by atoms with Gasteiger partial charge in [-0.25, -0.2) is 9.78 Å². The molecular formula is C13H18ClN3O2S. The zero-order valence-electron chi connectivity index (χ0n) is 11.5. The van der Waals surface area contributed by atoms with Crippen molar-refractivity contribution in [2.75, 3.05) is 44.7 Å². The van der Waals surface area contributed by atoms with E-state index in [1.807, 2.05) is 0 Å². The lowest BCUT2D eigenvalue weighted by Crippen LogP contribution is -2.47. The maximum Gasteiger partial charge on any atom is 0.351 e. The van der Waals surface area contributed by atoms with E-state index in [9.17, 15) is 4.79 Å². The van der Waals surface area contributed by atoms with E-state index in [-0.39, 0.29) is 5.15 Å². The molecule has 2 aliphatic rings. The molecule has 0 amide bonds. The number of aromatic nitrogens is 1. The van der Waals surface area contributed by atoms with Crippen molar-refractivity contribution < 1.29 is 9.53 Å². The monoisotopic (exact) mass is 315 g/mol. The highest BCUT2D eigenvalue weighted by atomic mass is 35.5. The first kappa shape index (κ1) is 14.1. The molecule has 1 aliphatic carbocycles. The molecule has 0 radical (unpaired) electrons. The molecule has 0 atom stereocenters. The van der Waals surface area contributed by atoms with E-state index in [2.05, 4.69) is 14.8 Å². The Balaban J connectivity index is 1.61. The van der Waals surface area contributed by atoms with Crippen molar-refractivity contribution in [3.63, 3.8) is 0 Å². The second-order valence-corrected chi connectivity index (χ2v) is 6.67. The highest BCUT2D eigenvalue weighted by molar-refractivity contribution is 7.18. The molecule has 2 fully saturated rings. The largest absolute Gasteiger partial charge is 0.465 e. The number of piperazine rings is 1. The van der Waals surface area contributed by atoms with E-state index in [1.165, 1.54) is 37.8 Å². The van der Waals surface area contributed by atoms with Gasteiger partial charge >= 0.3 is 5.97 Å². The van der Waals surface area contributed by atoms with Crippen LogP contribution in [0.5, 0.6) is 0 Å². The van der Waals surface area contributed by atoms with Crippen LogP contribution in [0.15, 0.2) is 0 Å². The van der Waals surface area contributed by atoms with E-state index in [0.717, 1.165) is 37.2 Å². The van der Waals surface area contributed by atoms with Crippen molar-refractivity contribution in [2.45, 2.75) is 12.8 Å². The Morgan fingerprint density at radius 1 is 1.40 bits per heavy atom. The van der Waals surface area contributed by atoms with Crippen LogP contribution in [-0.4, -0.2) is 55.7 Å². The summed E-state index contributed by atoms with van der Waals surface area (Å²) in [5.74, 6) is 0.521. The number of rotatable bonds is 4. The number of nitrogens with zero attached hydrogens (tertiary/aromatic N) is 3. The third kappa shape index (κ3) is 3.07. The van der Waals surface area contributed by atoms with Crippen LogP contribution in [0.2, 0.25) is 5.15 Å². The Kier molecular flexibility index (Phi) is 4.14. The van der Waals surface area contributed by atoms with Gasteiger partial charge in [-0.2, -0.15) is 0 Å². The van der Waals surface area contributed by atoms with E-state index in [0.29, 0.717) is 4.88 Å². The summed E-state index contributed by atoms with van der Waals surface area (Å²) in [4.78, 5) is 21.0. The Morgan fingerprint density at radius 3 is 2.70 bits per heavy atom. The summed E-state index contributed by atoms with van der Waals surface area (Å²) < 4.78 is 4.71. The lowest BCUT2D eigenvalue weighted by Gasteiger charge is -2.34. The number of hydrogen-bond donors (Lipinski definition) is 0. The predicted octanol–water partition coefficient (Wildman–Crippen LogP) is 2.12. The summed E-state index contributed by atoms with van der Waals surface area (Å²) >= 11 is 7.32. The highest BCUT2D eigenvalue weighted by Crippen LogP contribution is 2.32. The van der Waals surface area contributed by atoms with Gasteiger partial charge in [0.15, 0.2) is 15.2 Å². The lowest BCUT2D eigenvalue weighted by molar-refractivity contribution is 0.0606. The Hall–Kier alpha value is -0.850. The molecule has 110 valence electrons. The Morgan fingerprint density at radius 2 is 2.10 bits per heavy atom. The summed E-state index contributed by atoms with van der Waals surface area (Å²) in [6.07, 6.45) is 2.79. The third-order valence-corrected chi connectivity index (χ3v) is 5.28. The lowest BCUT2D eigenvalue weighted by atomic mass is 10.3. The molecule has 0 spiro atoms. The second kappa shape index (κ2) is 5.87. The SMILES string of the molecule is COC(=O)c1sc(N2CCN(CC3CC3)CC2)nc1Cl. The minimum atomic E-state index is -0.411. The fraction of sp³-hybridized carbons (Fsp3) is 0.692. The van der Waals surface area contributed by atoms with Gasteiger partial charge in [-0.3, -0.25) is 4.90 Å². The summed E-state index contributed by atoms with van der Waals surface area (Å²) in [5.41, 5.74) is 0. The standard InChI is InChI=1S/C13H18ClN3O2S/c1-19-12(18)10-11(14)15-13(20-10)17-6-4-16(5-7-17)8-9-2-3-9/h9H,2-8H2,1H3. The van der Waals surface area contributed by atoms with Crippen LogP contribution in [0.25, 0.3) is 0 Å². The van der Waals surface area contributed by atoms with Crippen LogP contribution in [0, 0.1) is 5.92 Å². The fourth-order valence-electron chi connectivity index (χ4n) is 2.43. The summed E-state index contributed by atoms with van der Waals surface area (Å²) in [6, 6.07) is 0. The van der Waals surface area contributed by atoms with E-state index in [4.69, 9.17) is 16.3 Å². The number of thiazole rings is 1. The van der Waals surface area contributed by atoms with Gasteiger partial charge in [-0.15, -0.1) is 0 Å². The number of carbonyl (C=O) groups excluding carboxylic acids is 1. The number of halogens is 1.